The third kappa shape index (κ3) is 4.04. The van der Waals surface area contributed by atoms with Crippen molar-refractivity contribution in [3.05, 3.63) is 46.0 Å². The number of aryl methyl sites for hydroxylation is 1. The molecule has 0 fully saturated rings. The Morgan fingerprint density at radius 3 is 2.71 bits per heavy atom. The van der Waals surface area contributed by atoms with E-state index in [1.807, 2.05) is 6.92 Å². The Balaban J connectivity index is 2.22. The number of nitrogens with zero attached hydrogens (tertiary/aromatic N) is 2. The average molecular weight is 311 g/mol. The molecule has 6 heteroatoms. The van der Waals surface area contributed by atoms with Crippen LogP contribution in [0.4, 0.5) is 8.78 Å². The largest absolute Gasteiger partial charge is 0.309 e. The van der Waals surface area contributed by atoms with Gasteiger partial charge in [-0.25, -0.2) is 8.78 Å². The number of hydrogen-bond acceptors (Lipinski definition) is 4. The first-order valence-corrected chi connectivity index (χ1v) is 7.91. The molecule has 1 heterocycles. The van der Waals surface area contributed by atoms with Gasteiger partial charge in [0.15, 0.2) is 11.6 Å². The second-order valence-corrected chi connectivity index (χ2v) is 5.68. The van der Waals surface area contributed by atoms with Crippen LogP contribution in [0, 0.1) is 11.6 Å². The predicted molar refractivity (Wildman–Crippen MR) is 80.4 cm³/mol. The van der Waals surface area contributed by atoms with Gasteiger partial charge in [-0.2, -0.15) is 0 Å². The molecule has 0 aliphatic heterocycles. The van der Waals surface area contributed by atoms with Crippen LogP contribution in [0.5, 0.6) is 0 Å². The van der Waals surface area contributed by atoms with Gasteiger partial charge in [0.1, 0.15) is 0 Å². The van der Waals surface area contributed by atoms with Gasteiger partial charge in [-0.3, -0.25) is 0 Å². The van der Waals surface area contributed by atoms with E-state index in [9.17, 15) is 8.78 Å². The van der Waals surface area contributed by atoms with Gasteiger partial charge in [0.25, 0.3) is 0 Å². The summed E-state index contributed by atoms with van der Waals surface area (Å²) in [5.41, 5.74) is 1.76. The fraction of sp³-hybridized carbons (Fsp3) is 0.467. The summed E-state index contributed by atoms with van der Waals surface area (Å²) in [6, 6.07) is 4.08. The zero-order valence-corrected chi connectivity index (χ0v) is 13.0. The number of benzene rings is 1. The molecule has 0 spiro atoms. The second kappa shape index (κ2) is 7.56. The van der Waals surface area contributed by atoms with Crippen molar-refractivity contribution in [3.8, 4) is 0 Å². The molecule has 21 heavy (non-hydrogen) atoms. The summed E-state index contributed by atoms with van der Waals surface area (Å²) >= 11 is 1.37. The first-order chi connectivity index (χ1) is 10.2. The molecular weight excluding hydrogens is 292 g/mol. The van der Waals surface area contributed by atoms with E-state index in [-0.39, 0.29) is 6.04 Å². The number of likely N-dealkylation sites (N-methyl/N-ethyl adjacent to an activating group) is 1. The van der Waals surface area contributed by atoms with E-state index in [1.165, 1.54) is 23.7 Å². The highest BCUT2D eigenvalue weighted by molar-refractivity contribution is 7.05. The summed E-state index contributed by atoms with van der Waals surface area (Å²) < 4.78 is 30.4. The van der Waals surface area contributed by atoms with Crippen LogP contribution in [0.3, 0.4) is 0 Å². The second-order valence-electron chi connectivity index (χ2n) is 4.90. The maximum Gasteiger partial charge on any atom is 0.159 e. The summed E-state index contributed by atoms with van der Waals surface area (Å²) in [4.78, 5) is 1.09. The average Bonchev–Trinajstić information content (AvgIpc) is 2.91. The quantitative estimate of drug-likeness (QED) is 0.848. The normalized spacial score (nSPS) is 12.6. The number of rotatable bonds is 7. The smallest absolute Gasteiger partial charge is 0.159 e. The van der Waals surface area contributed by atoms with E-state index in [0.717, 1.165) is 35.5 Å². The molecular formula is C15H19F2N3S. The summed E-state index contributed by atoms with van der Waals surface area (Å²) in [6.07, 6.45) is 2.47. The number of halogens is 2. The summed E-state index contributed by atoms with van der Waals surface area (Å²) in [7, 11) is 0. The van der Waals surface area contributed by atoms with Crippen LogP contribution < -0.4 is 5.32 Å². The summed E-state index contributed by atoms with van der Waals surface area (Å²) in [6.45, 7) is 4.91. The van der Waals surface area contributed by atoms with Crippen molar-refractivity contribution in [2.24, 2.45) is 0 Å². The Morgan fingerprint density at radius 2 is 2.05 bits per heavy atom. The lowest BCUT2D eigenvalue weighted by Crippen LogP contribution is -2.23. The molecule has 0 aliphatic carbocycles. The highest BCUT2D eigenvalue weighted by Gasteiger charge is 2.19. The van der Waals surface area contributed by atoms with Crippen molar-refractivity contribution < 1.29 is 8.78 Å². The van der Waals surface area contributed by atoms with Gasteiger partial charge in [-0.15, -0.1) is 5.10 Å². The maximum absolute atomic E-state index is 13.3. The maximum atomic E-state index is 13.3. The van der Waals surface area contributed by atoms with Crippen LogP contribution in [-0.2, 0) is 12.8 Å². The standard InChI is InChI=1S/C15H19F2N3S/c1-3-5-13-15(21-20-19-13)14(18-4-2)9-10-6-7-11(16)12(17)8-10/h6-8,14,18H,3-5,9H2,1-2H3. The third-order valence-electron chi connectivity index (χ3n) is 3.26. The molecule has 2 rings (SSSR count). The van der Waals surface area contributed by atoms with Crippen molar-refractivity contribution in [1.82, 2.24) is 14.9 Å². The van der Waals surface area contributed by atoms with Gasteiger partial charge >= 0.3 is 0 Å². The van der Waals surface area contributed by atoms with E-state index < -0.39 is 11.6 Å². The van der Waals surface area contributed by atoms with E-state index in [0.29, 0.717) is 6.42 Å². The van der Waals surface area contributed by atoms with Crippen LogP contribution in [0.1, 0.15) is 42.4 Å². The van der Waals surface area contributed by atoms with Crippen molar-refractivity contribution in [1.29, 1.82) is 0 Å². The Morgan fingerprint density at radius 1 is 1.24 bits per heavy atom. The minimum absolute atomic E-state index is 0.0291. The molecule has 0 radical (unpaired) electrons. The zero-order valence-electron chi connectivity index (χ0n) is 12.2. The molecule has 1 aromatic heterocycles. The minimum atomic E-state index is -0.815. The van der Waals surface area contributed by atoms with Crippen LogP contribution in [-0.4, -0.2) is 16.1 Å². The lowest BCUT2D eigenvalue weighted by atomic mass is 10.0. The molecule has 1 aromatic carbocycles. The van der Waals surface area contributed by atoms with E-state index in [2.05, 4.69) is 21.8 Å². The molecule has 2 aromatic rings. The molecule has 0 bridgehead atoms. The first-order valence-electron chi connectivity index (χ1n) is 7.14. The minimum Gasteiger partial charge on any atom is -0.309 e. The van der Waals surface area contributed by atoms with Gasteiger partial charge in [0, 0.05) is 6.04 Å². The molecule has 0 saturated heterocycles. The molecule has 0 saturated carbocycles. The van der Waals surface area contributed by atoms with Crippen molar-refractivity contribution in [2.45, 2.75) is 39.2 Å². The van der Waals surface area contributed by atoms with E-state index >= 15 is 0 Å². The summed E-state index contributed by atoms with van der Waals surface area (Å²) in [5, 5.41) is 7.56. The molecule has 1 N–H and O–H groups in total. The molecule has 0 aliphatic rings. The molecule has 3 nitrogen and oxygen atoms in total. The summed E-state index contributed by atoms with van der Waals surface area (Å²) in [5.74, 6) is -1.62. The van der Waals surface area contributed by atoms with Crippen LogP contribution in [0.25, 0.3) is 0 Å². The van der Waals surface area contributed by atoms with Crippen LogP contribution in [0.15, 0.2) is 18.2 Å². The highest BCUT2D eigenvalue weighted by Crippen LogP contribution is 2.25. The van der Waals surface area contributed by atoms with Gasteiger partial charge in [-0.1, -0.05) is 30.8 Å². The van der Waals surface area contributed by atoms with Gasteiger partial charge in [-0.05, 0) is 48.6 Å². The van der Waals surface area contributed by atoms with Crippen molar-refractivity contribution in [2.75, 3.05) is 6.54 Å². The monoisotopic (exact) mass is 311 g/mol. The Hall–Kier alpha value is -1.40. The number of nitrogens with one attached hydrogen (secondary N) is 1. The Bertz CT molecular complexity index is 586. The fourth-order valence-corrected chi connectivity index (χ4v) is 3.07. The van der Waals surface area contributed by atoms with E-state index in [4.69, 9.17) is 0 Å². The van der Waals surface area contributed by atoms with E-state index in [1.54, 1.807) is 6.07 Å². The number of hydrogen-bond donors (Lipinski definition) is 1. The lowest BCUT2D eigenvalue weighted by Gasteiger charge is -2.17. The zero-order chi connectivity index (χ0) is 15.2. The molecule has 0 amide bonds. The van der Waals surface area contributed by atoms with Crippen molar-refractivity contribution >= 4 is 11.5 Å². The Labute approximate surface area is 127 Å². The lowest BCUT2D eigenvalue weighted by molar-refractivity contribution is 0.502. The van der Waals surface area contributed by atoms with Crippen molar-refractivity contribution in [3.63, 3.8) is 0 Å². The highest BCUT2D eigenvalue weighted by atomic mass is 32.1. The topological polar surface area (TPSA) is 37.8 Å². The third-order valence-corrected chi connectivity index (χ3v) is 4.14. The molecule has 1 unspecified atom stereocenters. The Kier molecular flexibility index (Phi) is 5.76. The van der Waals surface area contributed by atoms with Gasteiger partial charge in [0.05, 0.1) is 10.6 Å². The van der Waals surface area contributed by atoms with Gasteiger partial charge < -0.3 is 5.32 Å². The SMILES string of the molecule is CCCc1nnsc1C(Cc1ccc(F)c(F)c1)NCC. The van der Waals surface area contributed by atoms with Gasteiger partial charge in [0.2, 0.25) is 0 Å². The van der Waals surface area contributed by atoms with Crippen LogP contribution in [0.2, 0.25) is 0 Å². The first kappa shape index (κ1) is 16.0. The predicted octanol–water partition coefficient (Wildman–Crippen LogP) is 3.66. The van der Waals surface area contributed by atoms with Crippen LogP contribution >= 0.6 is 11.5 Å². The fourth-order valence-electron chi connectivity index (χ4n) is 2.30. The number of aromatic nitrogens is 2. The molecule has 114 valence electrons. The molecule has 1 atom stereocenters.